The number of aliphatic carboxylic acids is 1. The van der Waals surface area contributed by atoms with Crippen molar-refractivity contribution in [2.45, 2.75) is 63.5 Å². The first-order valence-corrected chi connectivity index (χ1v) is 15.2. The lowest BCUT2D eigenvalue weighted by atomic mass is 9.76. The maximum Gasteiger partial charge on any atom is 0.353 e. The molecule has 0 bridgehead atoms. The Bertz CT molecular complexity index is 1270. The lowest BCUT2D eigenvalue weighted by Crippen LogP contribution is -2.66. The van der Waals surface area contributed by atoms with Crippen molar-refractivity contribution in [2.75, 3.05) is 32.7 Å². The Morgan fingerprint density at radius 3 is 2.85 bits per heavy atom. The SMILES string of the molecule is C[C@@H](NC(=O)Cn1cnnn1)[C@H]1C(=O)N2C(C(=O)O)=C(S[C@@H]3CN[C@H](C(=O)N4CC5CCNC[C@@]5(C)C4)C3)[C@H](C)[C@H]12. The normalized spacial score (nSPS) is 35.2. The van der Waals surface area contributed by atoms with Crippen LogP contribution in [0.5, 0.6) is 0 Å². The summed E-state index contributed by atoms with van der Waals surface area (Å²) in [5.74, 6) is -1.88. The van der Waals surface area contributed by atoms with Crippen molar-refractivity contribution in [1.29, 1.82) is 0 Å². The fourth-order valence-corrected chi connectivity index (χ4v) is 8.92. The number of amides is 3. The second-order valence-electron chi connectivity index (χ2n) is 12.4. The maximum absolute atomic E-state index is 13.4. The predicted octanol–water partition coefficient (Wildman–Crippen LogP) is -1.13. The van der Waals surface area contributed by atoms with E-state index < -0.39 is 17.9 Å². The molecule has 4 fully saturated rings. The number of hydrogen-bond donors (Lipinski definition) is 4. The molecule has 3 amide bonds. The minimum absolute atomic E-state index is 0.0125. The molecule has 0 spiro atoms. The zero-order valence-electron chi connectivity index (χ0n) is 23.4. The number of likely N-dealkylation sites (tertiary alicyclic amines) is 1. The number of tetrazole rings is 1. The van der Waals surface area contributed by atoms with Crippen molar-refractivity contribution in [1.82, 2.24) is 46.0 Å². The molecule has 1 aromatic rings. The van der Waals surface area contributed by atoms with E-state index in [9.17, 15) is 24.3 Å². The Kier molecular flexibility index (Phi) is 7.30. The van der Waals surface area contributed by atoms with Crippen LogP contribution in [0.1, 0.15) is 33.6 Å². The van der Waals surface area contributed by atoms with Gasteiger partial charge in [0.25, 0.3) is 0 Å². The minimum atomic E-state index is -1.14. The fourth-order valence-electron chi connectivity index (χ4n) is 7.44. The topological polar surface area (TPSA) is 175 Å². The molecule has 5 aliphatic heterocycles. The molecule has 4 N–H and O–H groups in total. The van der Waals surface area contributed by atoms with E-state index in [1.165, 1.54) is 27.7 Å². The average Bonchev–Trinajstić information content (AvgIpc) is 3.70. The molecule has 15 heteroatoms. The van der Waals surface area contributed by atoms with Crippen LogP contribution in [-0.4, -0.2) is 115 Å². The van der Waals surface area contributed by atoms with Crippen LogP contribution in [0.15, 0.2) is 16.9 Å². The summed E-state index contributed by atoms with van der Waals surface area (Å²) >= 11 is 1.47. The molecular weight excluding hydrogens is 550 g/mol. The molecular formula is C26H37N9O5S. The van der Waals surface area contributed by atoms with Gasteiger partial charge < -0.3 is 30.9 Å². The van der Waals surface area contributed by atoms with E-state index in [1.807, 2.05) is 11.8 Å². The molecule has 6 rings (SSSR count). The third-order valence-electron chi connectivity index (χ3n) is 9.59. The smallest absolute Gasteiger partial charge is 0.353 e. The van der Waals surface area contributed by atoms with Crippen molar-refractivity contribution in [3.63, 3.8) is 0 Å². The zero-order valence-corrected chi connectivity index (χ0v) is 24.3. The highest BCUT2D eigenvalue weighted by molar-refractivity contribution is 8.03. The molecule has 222 valence electrons. The standard InChI is InChI=1S/C26H37N9O5S/c1-13-20-19(14(2)30-18(36)9-34-12-29-31-32-34)24(38)35(20)21(25(39)40)22(13)41-16-6-17(28-7-16)23(37)33-8-15-4-5-27-10-26(15,3)11-33/h12-17,19-20,27-28H,4-11H2,1-3H3,(H,30,36)(H,39,40)/t13-,14-,15?,16+,17+,19-,20-,26+/m1/s1. The summed E-state index contributed by atoms with van der Waals surface area (Å²) < 4.78 is 1.29. The van der Waals surface area contributed by atoms with Crippen LogP contribution >= 0.6 is 11.8 Å². The van der Waals surface area contributed by atoms with Gasteiger partial charge in [-0.25, -0.2) is 9.48 Å². The van der Waals surface area contributed by atoms with Gasteiger partial charge in [-0.3, -0.25) is 14.4 Å². The van der Waals surface area contributed by atoms with E-state index in [1.54, 1.807) is 6.92 Å². The predicted molar refractivity (Wildman–Crippen MR) is 147 cm³/mol. The quantitative estimate of drug-likeness (QED) is 0.271. The summed E-state index contributed by atoms with van der Waals surface area (Å²) in [5.41, 5.74) is 0.141. The van der Waals surface area contributed by atoms with Crippen LogP contribution in [0.3, 0.4) is 0 Å². The largest absolute Gasteiger partial charge is 0.477 e. The molecule has 6 heterocycles. The van der Waals surface area contributed by atoms with Crippen LogP contribution < -0.4 is 16.0 Å². The Labute approximate surface area is 242 Å². The summed E-state index contributed by atoms with van der Waals surface area (Å²) in [5, 5.41) is 30.5. The minimum Gasteiger partial charge on any atom is -0.477 e. The molecule has 0 aromatic carbocycles. The molecule has 8 atom stereocenters. The van der Waals surface area contributed by atoms with Crippen LogP contribution in [-0.2, 0) is 25.7 Å². The van der Waals surface area contributed by atoms with Crippen molar-refractivity contribution in [2.24, 2.45) is 23.2 Å². The van der Waals surface area contributed by atoms with Gasteiger partial charge in [-0.15, -0.1) is 16.9 Å². The van der Waals surface area contributed by atoms with E-state index in [4.69, 9.17) is 0 Å². The van der Waals surface area contributed by atoms with E-state index in [0.29, 0.717) is 23.8 Å². The van der Waals surface area contributed by atoms with Crippen molar-refractivity contribution >= 4 is 35.5 Å². The zero-order chi connectivity index (χ0) is 29.1. The van der Waals surface area contributed by atoms with Crippen molar-refractivity contribution in [3.8, 4) is 0 Å². The number of carboxylic acid groups (broad SMARTS) is 1. The number of fused-ring (bicyclic) bond motifs is 2. The molecule has 4 saturated heterocycles. The lowest BCUT2D eigenvalue weighted by molar-refractivity contribution is -0.158. The van der Waals surface area contributed by atoms with Crippen molar-refractivity contribution < 1.29 is 24.3 Å². The van der Waals surface area contributed by atoms with Gasteiger partial charge in [0.05, 0.1) is 18.0 Å². The Balaban J connectivity index is 1.09. The fraction of sp³-hybridized carbons (Fsp3) is 0.731. The van der Waals surface area contributed by atoms with Crippen LogP contribution in [0.25, 0.3) is 0 Å². The molecule has 1 unspecified atom stereocenters. The van der Waals surface area contributed by atoms with Gasteiger partial charge in [-0.05, 0) is 42.7 Å². The summed E-state index contributed by atoms with van der Waals surface area (Å²) in [6.07, 6.45) is 3.02. The number of thioether (sulfide) groups is 1. The highest BCUT2D eigenvalue weighted by atomic mass is 32.2. The number of piperidine rings is 1. The number of rotatable bonds is 8. The van der Waals surface area contributed by atoms with Crippen molar-refractivity contribution in [3.05, 3.63) is 16.9 Å². The molecule has 5 aliphatic rings. The average molecular weight is 588 g/mol. The van der Waals surface area contributed by atoms with Gasteiger partial charge in [0.2, 0.25) is 17.7 Å². The first-order chi connectivity index (χ1) is 19.6. The van der Waals surface area contributed by atoms with Gasteiger partial charge >= 0.3 is 5.97 Å². The summed E-state index contributed by atoms with van der Waals surface area (Å²) in [6.45, 7) is 9.96. The Hall–Kier alpha value is -3.04. The highest BCUT2D eigenvalue weighted by Crippen LogP contribution is 2.52. The second kappa shape index (κ2) is 10.7. The Morgan fingerprint density at radius 1 is 1.34 bits per heavy atom. The molecule has 41 heavy (non-hydrogen) atoms. The number of carboxylic acids is 1. The van der Waals surface area contributed by atoms with E-state index in [-0.39, 0.29) is 58.6 Å². The third kappa shape index (κ3) is 4.91. The number of hydrogen-bond acceptors (Lipinski definition) is 10. The second-order valence-corrected chi connectivity index (χ2v) is 13.7. The number of carbonyl (C=O) groups excluding carboxylic acids is 3. The summed E-state index contributed by atoms with van der Waals surface area (Å²) in [7, 11) is 0. The monoisotopic (exact) mass is 587 g/mol. The molecule has 0 aliphatic carbocycles. The van der Waals surface area contributed by atoms with Gasteiger partial charge in [-0.2, -0.15) is 0 Å². The molecule has 0 radical (unpaired) electrons. The third-order valence-corrected chi connectivity index (χ3v) is 11.1. The maximum atomic E-state index is 13.4. The molecule has 14 nitrogen and oxygen atoms in total. The van der Waals surface area contributed by atoms with Crippen LogP contribution in [0.4, 0.5) is 0 Å². The van der Waals surface area contributed by atoms with Crippen LogP contribution in [0.2, 0.25) is 0 Å². The Morgan fingerprint density at radius 2 is 2.15 bits per heavy atom. The summed E-state index contributed by atoms with van der Waals surface area (Å²) in [6, 6.07) is -1.14. The van der Waals surface area contributed by atoms with E-state index >= 15 is 0 Å². The summed E-state index contributed by atoms with van der Waals surface area (Å²) in [4.78, 5) is 55.6. The van der Waals surface area contributed by atoms with Gasteiger partial charge in [-0.1, -0.05) is 13.8 Å². The number of nitrogens with zero attached hydrogens (tertiary/aromatic N) is 6. The van der Waals surface area contributed by atoms with E-state index in [0.717, 1.165) is 32.6 Å². The highest BCUT2D eigenvalue weighted by Gasteiger charge is 2.60. The number of carbonyl (C=O) groups is 4. The van der Waals surface area contributed by atoms with Crippen LogP contribution in [0, 0.1) is 23.2 Å². The van der Waals surface area contributed by atoms with E-state index in [2.05, 4.69) is 38.4 Å². The van der Waals surface area contributed by atoms with Gasteiger partial charge in [0.1, 0.15) is 18.6 Å². The lowest BCUT2D eigenvalue weighted by Gasteiger charge is -2.47. The van der Waals surface area contributed by atoms with Gasteiger partial charge in [0, 0.05) is 53.7 Å². The molecule has 1 aromatic heterocycles. The number of β-lactam (4-membered cyclic amide) rings is 1. The molecule has 0 saturated carbocycles. The number of nitrogens with one attached hydrogen (secondary N) is 3. The first-order valence-electron chi connectivity index (χ1n) is 14.3. The number of aromatic nitrogens is 4. The first kappa shape index (κ1) is 28.1. The van der Waals surface area contributed by atoms with Gasteiger partial charge in [0.15, 0.2) is 0 Å².